The van der Waals surface area contributed by atoms with Gasteiger partial charge in [0, 0.05) is 17.9 Å². The highest BCUT2D eigenvalue weighted by molar-refractivity contribution is 7.80. The number of halogens is 1. The molecular formula is C15H14FN3S. The largest absolute Gasteiger partial charge is 0.389 e. The summed E-state index contributed by atoms with van der Waals surface area (Å²) in [7, 11) is 0. The fraction of sp³-hybridized carbons (Fsp3) is 0.200. The average molecular weight is 287 g/mol. The van der Waals surface area contributed by atoms with Gasteiger partial charge in [0.15, 0.2) is 0 Å². The van der Waals surface area contributed by atoms with Gasteiger partial charge in [-0.05, 0) is 43.2 Å². The van der Waals surface area contributed by atoms with Gasteiger partial charge in [0.25, 0.3) is 0 Å². The molecule has 5 heteroatoms. The molecule has 0 aliphatic carbocycles. The van der Waals surface area contributed by atoms with Gasteiger partial charge in [-0.2, -0.15) is 0 Å². The van der Waals surface area contributed by atoms with Gasteiger partial charge in [0.05, 0.1) is 5.56 Å². The molecule has 1 aliphatic heterocycles. The van der Waals surface area contributed by atoms with Crippen LogP contribution in [0.25, 0.3) is 0 Å². The van der Waals surface area contributed by atoms with Gasteiger partial charge < -0.3 is 10.6 Å². The van der Waals surface area contributed by atoms with Gasteiger partial charge in [-0.3, -0.25) is 0 Å². The molecule has 0 fully saturated rings. The molecule has 0 saturated carbocycles. The molecule has 0 spiro atoms. The van der Waals surface area contributed by atoms with Crippen LogP contribution in [-0.2, 0) is 6.42 Å². The zero-order valence-electron chi connectivity index (χ0n) is 11.1. The van der Waals surface area contributed by atoms with E-state index in [-0.39, 0.29) is 5.82 Å². The maximum Gasteiger partial charge on any atom is 0.143 e. The normalized spacial score (nSPS) is 13.4. The maximum absolute atomic E-state index is 13.5. The molecule has 0 bridgehead atoms. The summed E-state index contributed by atoms with van der Waals surface area (Å²) in [6.45, 7) is 2.67. The van der Waals surface area contributed by atoms with Gasteiger partial charge in [-0.15, -0.1) is 0 Å². The highest BCUT2D eigenvalue weighted by atomic mass is 32.1. The number of hydrogen-bond acceptors (Lipinski definition) is 3. The monoisotopic (exact) mass is 287 g/mol. The fourth-order valence-corrected chi connectivity index (χ4v) is 2.67. The first-order chi connectivity index (χ1) is 9.56. The van der Waals surface area contributed by atoms with Crippen molar-refractivity contribution in [1.29, 1.82) is 0 Å². The summed E-state index contributed by atoms with van der Waals surface area (Å²) < 4.78 is 13.5. The van der Waals surface area contributed by atoms with Crippen LogP contribution in [0, 0.1) is 12.7 Å². The van der Waals surface area contributed by atoms with Gasteiger partial charge in [-0.1, -0.05) is 18.3 Å². The third-order valence-electron chi connectivity index (χ3n) is 3.48. The van der Waals surface area contributed by atoms with Crippen molar-refractivity contribution in [1.82, 2.24) is 4.98 Å². The summed E-state index contributed by atoms with van der Waals surface area (Å²) >= 11 is 5.09. The number of anilines is 2. The molecule has 0 saturated heterocycles. The van der Waals surface area contributed by atoms with Crippen LogP contribution in [0.15, 0.2) is 30.3 Å². The second-order valence-corrected chi connectivity index (χ2v) is 5.30. The van der Waals surface area contributed by atoms with Gasteiger partial charge in [-0.25, -0.2) is 9.37 Å². The minimum Gasteiger partial charge on any atom is -0.389 e. The van der Waals surface area contributed by atoms with Crippen LogP contribution in [0.1, 0.15) is 16.8 Å². The van der Waals surface area contributed by atoms with Crippen LogP contribution < -0.4 is 10.6 Å². The molecule has 1 aromatic carbocycles. The molecule has 2 aromatic rings. The van der Waals surface area contributed by atoms with Crippen molar-refractivity contribution >= 4 is 28.7 Å². The van der Waals surface area contributed by atoms with Crippen molar-refractivity contribution in [2.45, 2.75) is 13.3 Å². The summed E-state index contributed by atoms with van der Waals surface area (Å²) in [5.74, 6) is 0.460. The van der Waals surface area contributed by atoms with E-state index in [9.17, 15) is 4.39 Å². The second kappa shape index (κ2) is 4.83. The lowest BCUT2D eigenvalue weighted by Crippen LogP contribution is -2.21. The maximum atomic E-state index is 13.5. The number of thiocarbonyl (C=S) groups is 1. The second-order valence-electron chi connectivity index (χ2n) is 4.86. The highest BCUT2D eigenvalue weighted by Gasteiger charge is 2.24. The third kappa shape index (κ3) is 2.14. The quantitative estimate of drug-likeness (QED) is 0.862. The van der Waals surface area contributed by atoms with Crippen LogP contribution in [0.2, 0.25) is 0 Å². The molecular weight excluding hydrogens is 273 g/mol. The van der Waals surface area contributed by atoms with Crippen molar-refractivity contribution in [2.75, 3.05) is 11.4 Å². The molecule has 1 aromatic heterocycles. The summed E-state index contributed by atoms with van der Waals surface area (Å²) in [6.07, 6.45) is 0.863. The number of aromatic nitrogens is 1. The Morgan fingerprint density at radius 2 is 2.15 bits per heavy atom. The number of nitrogens with two attached hydrogens (primary N) is 1. The van der Waals surface area contributed by atoms with E-state index < -0.39 is 0 Å². The SMILES string of the molecule is Cc1ccc(C(N)=S)c(N2CCc3ccc(F)cc32)n1. The van der Waals surface area contributed by atoms with Gasteiger partial charge >= 0.3 is 0 Å². The lowest BCUT2D eigenvalue weighted by Gasteiger charge is -2.21. The summed E-state index contributed by atoms with van der Waals surface area (Å²) in [6, 6.07) is 8.59. The minimum atomic E-state index is -0.250. The Balaban J connectivity index is 2.14. The third-order valence-corrected chi connectivity index (χ3v) is 3.70. The Labute approximate surface area is 122 Å². The number of fused-ring (bicyclic) bond motifs is 1. The van der Waals surface area contributed by atoms with Gasteiger partial charge in [0.1, 0.15) is 16.6 Å². The van der Waals surface area contributed by atoms with Crippen LogP contribution in [0.4, 0.5) is 15.9 Å². The van der Waals surface area contributed by atoms with Gasteiger partial charge in [0.2, 0.25) is 0 Å². The van der Waals surface area contributed by atoms with Crippen molar-refractivity contribution < 1.29 is 4.39 Å². The zero-order valence-corrected chi connectivity index (χ0v) is 11.9. The zero-order chi connectivity index (χ0) is 14.3. The lowest BCUT2D eigenvalue weighted by atomic mass is 10.1. The Hall–Kier alpha value is -2.01. The Morgan fingerprint density at radius 1 is 1.35 bits per heavy atom. The van der Waals surface area contributed by atoms with Crippen molar-refractivity contribution in [3.8, 4) is 0 Å². The predicted octanol–water partition coefficient (Wildman–Crippen LogP) is 2.86. The first-order valence-corrected chi connectivity index (χ1v) is 6.80. The van der Waals surface area contributed by atoms with Crippen LogP contribution >= 0.6 is 12.2 Å². The number of rotatable bonds is 2. The smallest absolute Gasteiger partial charge is 0.143 e. The Bertz CT molecular complexity index is 700. The van der Waals surface area contributed by atoms with E-state index in [1.165, 1.54) is 12.1 Å². The molecule has 3 nitrogen and oxygen atoms in total. The summed E-state index contributed by atoms with van der Waals surface area (Å²) in [5, 5.41) is 0. The highest BCUT2D eigenvalue weighted by Crippen LogP contribution is 2.35. The fourth-order valence-electron chi connectivity index (χ4n) is 2.51. The molecule has 2 N–H and O–H groups in total. The van der Waals surface area contributed by atoms with Crippen molar-refractivity contribution in [2.24, 2.45) is 5.73 Å². The van der Waals surface area contributed by atoms with Crippen molar-refractivity contribution in [3.05, 3.63) is 53.0 Å². The standard InChI is InChI=1S/C15H14FN3S/c1-9-2-5-12(14(17)20)15(18-9)19-7-6-10-3-4-11(16)8-13(10)19/h2-5,8H,6-7H2,1H3,(H2,17,20). The number of nitrogens with zero attached hydrogens (tertiary/aromatic N) is 2. The van der Waals surface area contributed by atoms with Crippen molar-refractivity contribution in [3.63, 3.8) is 0 Å². The Morgan fingerprint density at radius 3 is 2.90 bits per heavy atom. The van der Waals surface area contributed by atoms with Crippen LogP contribution in [0.3, 0.4) is 0 Å². The molecule has 0 radical (unpaired) electrons. The first kappa shape index (κ1) is 13.0. The van der Waals surface area contributed by atoms with E-state index in [0.717, 1.165) is 35.5 Å². The topological polar surface area (TPSA) is 42.1 Å². The molecule has 1 aliphatic rings. The van der Waals surface area contributed by atoms with E-state index in [1.54, 1.807) is 0 Å². The number of benzene rings is 1. The van der Waals surface area contributed by atoms with Crippen LogP contribution in [0.5, 0.6) is 0 Å². The minimum absolute atomic E-state index is 0.250. The Kier molecular flexibility index (Phi) is 3.14. The molecule has 20 heavy (non-hydrogen) atoms. The molecule has 3 rings (SSSR count). The summed E-state index contributed by atoms with van der Waals surface area (Å²) in [4.78, 5) is 6.83. The first-order valence-electron chi connectivity index (χ1n) is 6.39. The molecule has 0 amide bonds. The molecule has 102 valence electrons. The van der Waals surface area contributed by atoms with E-state index in [4.69, 9.17) is 18.0 Å². The lowest BCUT2D eigenvalue weighted by molar-refractivity contribution is 0.628. The number of pyridine rings is 1. The van der Waals surface area contributed by atoms with E-state index in [0.29, 0.717) is 10.8 Å². The number of aryl methyl sites for hydroxylation is 1. The van der Waals surface area contributed by atoms with Crippen LogP contribution in [-0.4, -0.2) is 16.5 Å². The summed E-state index contributed by atoms with van der Waals surface area (Å²) in [5.41, 5.74) is 9.34. The molecule has 2 heterocycles. The predicted molar refractivity (Wildman–Crippen MR) is 82.0 cm³/mol. The molecule has 0 atom stereocenters. The number of hydrogen-bond donors (Lipinski definition) is 1. The van der Waals surface area contributed by atoms with E-state index in [1.807, 2.05) is 30.0 Å². The average Bonchev–Trinajstić information content (AvgIpc) is 2.81. The van der Waals surface area contributed by atoms with E-state index >= 15 is 0 Å². The molecule has 0 unspecified atom stereocenters. The van der Waals surface area contributed by atoms with E-state index in [2.05, 4.69) is 4.98 Å².